The Balaban J connectivity index is 1.83. The molecule has 3 aromatic heterocycles. The monoisotopic (exact) mass is 584 g/mol. The number of carbonyl (C=O) groups is 1. The van der Waals surface area contributed by atoms with Gasteiger partial charge in [0.1, 0.15) is 17.1 Å². The third kappa shape index (κ3) is 6.01. The van der Waals surface area contributed by atoms with Gasteiger partial charge in [0.05, 0.1) is 48.3 Å². The van der Waals surface area contributed by atoms with Gasteiger partial charge in [0.15, 0.2) is 0 Å². The minimum Gasteiger partial charge on any atom is -0.495 e. The summed E-state index contributed by atoms with van der Waals surface area (Å²) in [6.07, 6.45) is 4.62. The number of aryl methyl sites for hydroxylation is 2. The van der Waals surface area contributed by atoms with Crippen LogP contribution >= 0.6 is 23.2 Å². The first-order valence-electron chi connectivity index (χ1n) is 12.0. The third-order valence-electron chi connectivity index (χ3n) is 5.93. The number of nitrogens with zero attached hydrogens (tertiary/aromatic N) is 4. The van der Waals surface area contributed by atoms with Crippen molar-refractivity contribution in [2.24, 2.45) is 0 Å². The average molecular weight is 585 g/mol. The molecule has 11 nitrogen and oxygen atoms in total. The van der Waals surface area contributed by atoms with Crippen LogP contribution in [0.2, 0.25) is 10.0 Å². The van der Waals surface area contributed by atoms with Crippen molar-refractivity contribution in [1.29, 1.82) is 0 Å². The molecule has 1 amide bonds. The van der Waals surface area contributed by atoms with E-state index in [9.17, 15) is 14.7 Å². The van der Waals surface area contributed by atoms with Crippen LogP contribution in [0.5, 0.6) is 11.5 Å². The molecular weight excluding hydrogens is 559 g/mol. The van der Waals surface area contributed by atoms with Gasteiger partial charge in [-0.15, -0.1) is 0 Å². The second-order valence-electron chi connectivity index (χ2n) is 8.40. The molecule has 208 valence electrons. The maximum absolute atomic E-state index is 14.0. The van der Waals surface area contributed by atoms with Crippen LogP contribution in [0.3, 0.4) is 0 Å². The van der Waals surface area contributed by atoms with Crippen molar-refractivity contribution in [2.75, 3.05) is 38.0 Å². The highest BCUT2D eigenvalue weighted by Crippen LogP contribution is 2.45. The van der Waals surface area contributed by atoms with Gasteiger partial charge in [-0.05, 0) is 24.3 Å². The maximum Gasteiger partial charge on any atom is 0.260 e. The van der Waals surface area contributed by atoms with Crippen LogP contribution in [-0.4, -0.2) is 57.9 Å². The highest BCUT2D eigenvalue weighted by atomic mass is 35.5. The fourth-order valence-electron chi connectivity index (χ4n) is 3.99. The number of benzene rings is 1. The summed E-state index contributed by atoms with van der Waals surface area (Å²) in [5, 5.41) is 15.6. The van der Waals surface area contributed by atoms with Crippen molar-refractivity contribution in [3.63, 3.8) is 0 Å². The first-order chi connectivity index (χ1) is 19.3. The number of anilines is 2. The van der Waals surface area contributed by atoms with E-state index in [-0.39, 0.29) is 64.2 Å². The Bertz CT molecular complexity index is 1600. The van der Waals surface area contributed by atoms with Gasteiger partial charge in [-0.1, -0.05) is 29.8 Å². The molecule has 4 aromatic rings. The van der Waals surface area contributed by atoms with E-state index in [4.69, 9.17) is 32.7 Å². The molecule has 0 aliphatic rings. The normalized spacial score (nSPS) is 10.8. The number of nitrogens with one attached hydrogen (secondary N) is 2. The minimum absolute atomic E-state index is 0.114. The van der Waals surface area contributed by atoms with Gasteiger partial charge in [-0.25, -0.2) is 4.98 Å². The molecule has 0 atom stereocenters. The molecule has 0 aliphatic heterocycles. The Morgan fingerprint density at radius 2 is 1.85 bits per heavy atom. The number of aliphatic hydroxyl groups is 1. The number of hydrogen-bond acceptors (Lipinski definition) is 9. The van der Waals surface area contributed by atoms with Gasteiger partial charge in [-0.2, -0.15) is 4.98 Å². The van der Waals surface area contributed by atoms with Crippen molar-refractivity contribution in [3.8, 4) is 22.6 Å². The summed E-state index contributed by atoms with van der Waals surface area (Å²) >= 11 is 13.3. The summed E-state index contributed by atoms with van der Waals surface area (Å²) in [7, 11) is 2.90. The summed E-state index contributed by atoms with van der Waals surface area (Å²) in [5.74, 6) is 0.483. The zero-order valence-corrected chi connectivity index (χ0v) is 23.2. The van der Waals surface area contributed by atoms with Gasteiger partial charge < -0.3 is 25.2 Å². The van der Waals surface area contributed by atoms with E-state index in [2.05, 4.69) is 32.2 Å². The van der Waals surface area contributed by atoms with E-state index >= 15 is 0 Å². The highest BCUT2D eigenvalue weighted by Gasteiger charge is 2.23. The Labute approximate surface area is 239 Å². The van der Waals surface area contributed by atoms with Crippen LogP contribution < -0.4 is 25.7 Å². The number of carbonyl (C=O) groups excluding carboxylic acids is 1. The molecule has 0 unspecified atom stereocenters. The highest BCUT2D eigenvalue weighted by molar-refractivity contribution is 6.41. The fourth-order valence-corrected chi connectivity index (χ4v) is 4.69. The molecule has 0 spiro atoms. The Morgan fingerprint density at radius 3 is 2.45 bits per heavy atom. The molecule has 0 aliphatic carbocycles. The number of rotatable bonds is 11. The van der Waals surface area contributed by atoms with Crippen LogP contribution in [-0.2, 0) is 17.8 Å². The smallest absolute Gasteiger partial charge is 0.260 e. The number of ether oxygens (including phenoxy) is 2. The van der Waals surface area contributed by atoms with E-state index < -0.39 is 5.56 Å². The second-order valence-corrected chi connectivity index (χ2v) is 9.16. The van der Waals surface area contributed by atoms with Gasteiger partial charge in [-0.3, -0.25) is 19.1 Å². The zero-order valence-electron chi connectivity index (χ0n) is 21.7. The largest absolute Gasteiger partial charge is 0.495 e. The summed E-state index contributed by atoms with van der Waals surface area (Å²) in [5.41, 5.74) is 1.60. The number of hydrogen-bond donors (Lipinski definition) is 3. The summed E-state index contributed by atoms with van der Waals surface area (Å²) in [4.78, 5) is 38.8. The number of pyridine rings is 2. The summed E-state index contributed by atoms with van der Waals surface area (Å²) < 4.78 is 12.3. The molecule has 0 fully saturated rings. The molecule has 40 heavy (non-hydrogen) atoms. The maximum atomic E-state index is 14.0. The molecule has 3 N–H and O–H groups in total. The molecule has 4 rings (SSSR count). The van der Waals surface area contributed by atoms with Crippen LogP contribution in [0.4, 0.5) is 11.6 Å². The number of aliphatic hydroxyl groups excluding tert-OH is 1. The van der Waals surface area contributed by atoms with Gasteiger partial charge >= 0.3 is 0 Å². The SMILES string of the molecule is C=CC(=O)Nc1ccc(CCn2c(=O)c(-c3c(Cl)c(OC)cc(OC)c3Cl)cc3cnc(NCCO)nc32)nc1. The first-order valence-corrected chi connectivity index (χ1v) is 12.8. The van der Waals surface area contributed by atoms with Crippen molar-refractivity contribution in [2.45, 2.75) is 13.0 Å². The quantitative estimate of drug-likeness (QED) is 0.223. The number of fused-ring (bicyclic) bond motifs is 1. The second kappa shape index (κ2) is 12.8. The Morgan fingerprint density at radius 1 is 1.12 bits per heavy atom. The van der Waals surface area contributed by atoms with Crippen LogP contribution in [0.15, 0.2) is 54.1 Å². The molecule has 0 saturated heterocycles. The Kier molecular flexibility index (Phi) is 9.20. The zero-order chi connectivity index (χ0) is 28.8. The topological polar surface area (TPSA) is 140 Å². The van der Waals surface area contributed by atoms with E-state index in [1.165, 1.54) is 31.1 Å². The first kappa shape index (κ1) is 28.8. The third-order valence-corrected chi connectivity index (χ3v) is 6.68. The Hall–Kier alpha value is -4.19. The van der Waals surface area contributed by atoms with E-state index in [0.29, 0.717) is 28.8 Å². The standard InChI is InChI=1S/C27H26Cl2N6O5/c1-4-21(37)33-17-6-5-16(31-14-17)7-9-35-25-15(13-32-27(34-25)30-8-10-36)11-18(26(35)38)22-23(28)19(39-2)12-20(40-3)24(22)29/h4-6,11-14,36H,1,7-10H2,2-3H3,(H,33,37)(H,30,32,34). The predicted molar refractivity (Wildman–Crippen MR) is 155 cm³/mol. The molecule has 0 radical (unpaired) electrons. The fraction of sp³-hybridized carbons (Fsp3) is 0.222. The molecule has 3 heterocycles. The lowest BCUT2D eigenvalue weighted by atomic mass is 10.0. The molecule has 0 bridgehead atoms. The number of amides is 1. The average Bonchev–Trinajstić information content (AvgIpc) is 2.96. The van der Waals surface area contributed by atoms with E-state index in [1.807, 2.05) is 0 Å². The summed E-state index contributed by atoms with van der Waals surface area (Å²) in [6, 6.07) is 6.62. The van der Waals surface area contributed by atoms with Crippen LogP contribution in [0.25, 0.3) is 22.2 Å². The van der Waals surface area contributed by atoms with Crippen molar-refractivity contribution < 1.29 is 19.4 Å². The van der Waals surface area contributed by atoms with Crippen molar-refractivity contribution in [1.82, 2.24) is 19.5 Å². The molecule has 13 heteroatoms. The molecule has 1 aromatic carbocycles. The predicted octanol–water partition coefficient (Wildman–Crippen LogP) is 3.95. The molecular formula is C27H26Cl2N6O5. The van der Waals surface area contributed by atoms with Crippen LogP contribution in [0, 0.1) is 0 Å². The van der Waals surface area contributed by atoms with Gasteiger partial charge in [0, 0.05) is 48.4 Å². The van der Waals surface area contributed by atoms with E-state index in [0.717, 1.165) is 0 Å². The minimum atomic E-state index is -0.409. The lowest BCUT2D eigenvalue weighted by Gasteiger charge is -2.17. The number of methoxy groups -OCH3 is 2. The van der Waals surface area contributed by atoms with Gasteiger partial charge in [0.25, 0.3) is 5.56 Å². The van der Waals surface area contributed by atoms with Crippen molar-refractivity contribution >= 4 is 51.8 Å². The van der Waals surface area contributed by atoms with Crippen molar-refractivity contribution in [3.05, 3.63) is 75.4 Å². The lowest BCUT2D eigenvalue weighted by molar-refractivity contribution is -0.111. The number of aromatic nitrogens is 4. The van der Waals surface area contributed by atoms with E-state index in [1.54, 1.807) is 30.5 Å². The number of halogens is 2. The molecule has 0 saturated carbocycles. The summed E-state index contributed by atoms with van der Waals surface area (Å²) in [6.45, 7) is 3.75. The lowest BCUT2D eigenvalue weighted by Crippen LogP contribution is -2.25. The van der Waals surface area contributed by atoms with Gasteiger partial charge in [0.2, 0.25) is 11.9 Å². The van der Waals surface area contributed by atoms with Crippen LogP contribution in [0.1, 0.15) is 5.69 Å².